The summed E-state index contributed by atoms with van der Waals surface area (Å²) in [4.78, 5) is 3.53. The molecule has 0 aromatic heterocycles. The first-order valence-electron chi connectivity index (χ1n) is 1.83. The maximum absolute atomic E-state index is 5.35. The Hall–Kier alpha value is -0.500. The number of allylic oxidation sites excluding steroid dienone is 1. The Morgan fingerprint density at radius 2 is 2.43 bits per heavy atom. The van der Waals surface area contributed by atoms with E-state index in [9.17, 15) is 0 Å². The van der Waals surface area contributed by atoms with E-state index in [-0.39, 0.29) is 0 Å². The minimum absolute atomic E-state index is 0.627. The van der Waals surface area contributed by atoms with Crippen LogP contribution < -0.4 is 5.73 Å². The molecule has 3 heteroatoms. The van der Waals surface area contributed by atoms with Gasteiger partial charge in [0.05, 0.1) is 6.34 Å². The van der Waals surface area contributed by atoms with Crippen LogP contribution in [-0.2, 0) is 0 Å². The third-order valence-electron chi connectivity index (χ3n) is 0.338. The van der Waals surface area contributed by atoms with Gasteiger partial charge in [-0.25, -0.2) is 4.99 Å². The Bertz CT molecular complexity index is 91.9. The van der Waals surface area contributed by atoms with Crippen molar-refractivity contribution in [3.05, 3.63) is 11.2 Å². The van der Waals surface area contributed by atoms with E-state index in [1.54, 1.807) is 6.92 Å². The molecule has 0 rings (SSSR count). The molecule has 0 radical (unpaired) electrons. The summed E-state index contributed by atoms with van der Waals surface area (Å²) < 4.78 is 0. The number of hydrogen-bond acceptors (Lipinski definition) is 1. The number of aliphatic imine (C=N–C) groups is 1. The van der Waals surface area contributed by atoms with Crippen molar-refractivity contribution >= 4 is 17.9 Å². The topological polar surface area (TPSA) is 38.4 Å². The molecule has 0 saturated carbocycles. The monoisotopic (exact) mass is 118 g/mol. The molecular formula is C4H7ClN2. The van der Waals surface area contributed by atoms with Gasteiger partial charge in [0.15, 0.2) is 0 Å². The smallest absolute Gasteiger partial charge is 0.0853 e. The Kier molecular flexibility index (Phi) is 3.42. The molecule has 7 heavy (non-hydrogen) atoms. The molecule has 0 amide bonds. The Labute approximate surface area is 47.7 Å². The summed E-state index contributed by atoms with van der Waals surface area (Å²) in [7, 11) is 0. The average molecular weight is 119 g/mol. The molecule has 0 aliphatic carbocycles. The van der Waals surface area contributed by atoms with Crippen LogP contribution in [0.4, 0.5) is 0 Å². The van der Waals surface area contributed by atoms with E-state index in [1.807, 2.05) is 0 Å². The third kappa shape index (κ3) is 5.50. The van der Waals surface area contributed by atoms with Gasteiger partial charge in [0.25, 0.3) is 0 Å². The molecule has 2 N–H and O–H groups in total. The van der Waals surface area contributed by atoms with Gasteiger partial charge in [0, 0.05) is 11.2 Å². The number of hydrogen-bond donors (Lipinski definition) is 1. The first-order valence-corrected chi connectivity index (χ1v) is 2.21. The largest absolute Gasteiger partial charge is 0.390 e. The molecule has 0 aromatic carbocycles. The van der Waals surface area contributed by atoms with Gasteiger partial charge in [0.2, 0.25) is 0 Å². The van der Waals surface area contributed by atoms with Gasteiger partial charge in [-0.1, -0.05) is 11.6 Å². The second kappa shape index (κ2) is 3.68. The SMILES string of the molecule is C/C(Cl)=C\N=C/N. The summed E-state index contributed by atoms with van der Waals surface area (Å²) in [6, 6.07) is 0. The highest BCUT2D eigenvalue weighted by atomic mass is 35.5. The van der Waals surface area contributed by atoms with Crippen LogP contribution >= 0.6 is 11.6 Å². The first kappa shape index (κ1) is 6.50. The average Bonchev–Trinajstić information content (AvgIpc) is 1.61. The Morgan fingerprint density at radius 1 is 1.86 bits per heavy atom. The zero-order chi connectivity index (χ0) is 5.70. The van der Waals surface area contributed by atoms with Gasteiger partial charge in [-0.2, -0.15) is 0 Å². The molecule has 0 heterocycles. The van der Waals surface area contributed by atoms with Gasteiger partial charge in [0.1, 0.15) is 0 Å². The Morgan fingerprint density at radius 3 is 2.57 bits per heavy atom. The van der Waals surface area contributed by atoms with Crippen LogP contribution in [0.25, 0.3) is 0 Å². The van der Waals surface area contributed by atoms with E-state index in [4.69, 9.17) is 17.3 Å². The standard InChI is InChI=1S/C4H7ClN2/c1-4(5)2-7-3-6/h2-3H,1H3,(H2,6,7)/b4-2+. The van der Waals surface area contributed by atoms with Crippen LogP contribution in [0.1, 0.15) is 6.92 Å². The van der Waals surface area contributed by atoms with Crippen molar-refractivity contribution in [2.75, 3.05) is 0 Å². The molecular weight excluding hydrogens is 112 g/mol. The predicted molar refractivity (Wildman–Crippen MR) is 32.3 cm³/mol. The summed E-state index contributed by atoms with van der Waals surface area (Å²) in [5, 5.41) is 0.627. The maximum Gasteiger partial charge on any atom is 0.0853 e. The van der Waals surface area contributed by atoms with Crippen LogP contribution in [0.2, 0.25) is 0 Å². The molecule has 0 fully saturated rings. The summed E-state index contributed by atoms with van der Waals surface area (Å²) in [6.07, 6.45) is 2.66. The van der Waals surface area contributed by atoms with E-state index >= 15 is 0 Å². The summed E-state index contributed by atoms with van der Waals surface area (Å²) in [6.45, 7) is 1.73. The number of nitrogens with zero attached hydrogens (tertiary/aromatic N) is 1. The summed E-state index contributed by atoms with van der Waals surface area (Å²) in [5.41, 5.74) is 4.88. The first-order chi connectivity index (χ1) is 3.27. The minimum atomic E-state index is 0.627. The van der Waals surface area contributed by atoms with Crippen molar-refractivity contribution in [3.8, 4) is 0 Å². The quantitative estimate of drug-likeness (QED) is 0.406. The lowest BCUT2D eigenvalue weighted by atomic mass is 10.7. The molecule has 40 valence electrons. The lowest BCUT2D eigenvalue weighted by Gasteiger charge is -1.75. The number of rotatable bonds is 1. The van der Waals surface area contributed by atoms with E-state index < -0.39 is 0 Å². The van der Waals surface area contributed by atoms with Crippen molar-refractivity contribution in [1.29, 1.82) is 0 Å². The highest BCUT2D eigenvalue weighted by Crippen LogP contribution is 1.95. The normalized spacial score (nSPS) is 13.1. The molecule has 2 nitrogen and oxygen atoms in total. The van der Waals surface area contributed by atoms with Crippen LogP contribution in [-0.4, -0.2) is 6.34 Å². The fraction of sp³-hybridized carbons (Fsp3) is 0.250. The second-order valence-electron chi connectivity index (χ2n) is 1.01. The van der Waals surface area contributed by atoms with E-state index in [2.05, 4.69) is 4.99 Å². The Balaban J connectivity index is 3.46. The fourth-order valence-corrected chi connectivity index (χ4v) is 0.202. The lowest BCUT2D eigenvalue weighted by Crippen LogP contribution is -1.85. The van der Waals surface area contributed by atoms with Crippen molar-refractivity contribution in [3.63, 3.8) is 0 Å². The van der Waals surface area contributed by atoms with Gasteiger partial charge in [-0.3, -0.25) is 0 Å². The molecule has 0 aliphatic rings. The van der Waals surface area contributed by atoms with Crippen molar-refractivity contribution in [1.82, 2.24) is 0 Å². The zero-order valence-corrected chi connectivity index (χ0v) is 4.81. The minimum Gasteiger partial charge on any atom is -0.390 e. The van der Waals surface area contributed by atoms with Gasteiger partial charge in [-0.15, -0.1) is 0 Å². The van der Waals surface area contributed by atoms with Crippen molar-refractivity contribution in [2.45, 2.75) is 6.92 Å². The second-order valence-corrected chi connectivity index (χ2v) is 1.61. The predicted octanol–water partition coefficient (Wildman–Crippen LogP) is 1.07. The van der Waals surface area contributed by atoms with Gasteiger partial charge < -0.3 is 5.73 Å². The molecule has 0 saturated heterocycles. The van der Waals surface area contributed by atoms with Crippen LogP contribution in [0.5, 0.6) is 0 Å². The van der Waals surface area contributed by atoms with Crippen LogP contribution in [0, 0.1) is 0 Å². The van der Waals surface area contributed by atoms with Crippen molar-refractivity contribution in [2.24, 2.45) is 10.7 Å². The van der Waals surface area contributed by atoms with Gasteiger partial charge >= 0.3 is 0 Å². The van der Waals surface area contributed by atoms with Crippen molar-refractivity contribution < 1.29 is 0 Å². The molecule has 0 unspecified atom stereocenters. The van der Waals surface area contributed by atoms with E-state index in [0.717, 1.165) is 0 Å². The highest BCUT2D eigenvalue weighted by Gasteiger charge is 1.69. The molecule has 0 atom stereocenters. The fourth-order valence-electron chi connectivity index (χ4n) is 0.146. The molecule has 0 aromatic rings. The lowest BCUT2D eigenvalue weighted by molar-refractivity contribution is 1.49. The third-order valence-corrected chi connectivity index (χ3v) is 0.436. The van der Waals surface area contributed by atoms with E-state index in [1.165, 1.54) is 12.5 Å². The number of halogens is 1. The summed E-state index contributed by atoms with van der Waals surface area (Å²) >= 11 is 5.35. The molecule has 0 spiro atoms. The van der Waals surface area contributed by atoms with Crippen LogP contribution in [0.15, 0.2) is 16.2 Å². The van der Waals surface area contributed by atoms with E-state index in [0.29, 0.717) is 5.03 Å². The molecule has 0 bridgehead atoms. The molecule has 0 aliphatic heterocycles. The highest BCUT2D eigenvalue weighted by molar-refractivity contribution is 6.29. The maximum atomic E-state index is 5.35. The van der Waals surface area contributed by atoms with Gasteiger partial charge in [-0.05, 0) is 6.92 Å². The van der Waals surface area contributed by atoms with Crippen LogP contribution in [0.3, 0.4) is 0 Å². The summed E-state index contributed by atoms with van der Waals surface area (Å²) in [5.74, 6) is 0. The number of nitrogens with two attached hydrogens (primary N) is 1. The zero-order valence-electron chi connectivity index (χ0n) is 4.06.